The summed E-state index contributed by atoms with van der Waals surface area (Å²) < 4.78 is 26.0. The van der Waals surface area contributed by atoms with Crippen LogP contribution in [0.4, 0.5) is 0 Å². The number of benzene rings is 2. The second-order valence-corrected chi connectivity index (χ2v) is 8.99. The third-order valence-electron chi connectivity index (χ3n) is 3.33. The number of halogens is 2. The third-order valence-corrected chi connectivity index (χ3v) is 6.33. The average molecular weight is 479 g/mol. The lowest BCUT2D eigenvalue weighted by molar-refractivity contribution is 0.0950. The molecule has 0 bridgehead atoms. The molecule has 2 aromatic carbocycles. The molecule has 0 atom stereocenters. The average Bonchev–Trinajstić information content (AvgIpc) is 2.55. The summed E-state index contributed by atoms with van der Waals surface area (Å²) >= 11 is 7.99. The number of carbonyl (C=O) groups excluding carboxylic acids is 1. The van der Waals surface area contributed by atoms with E-state index in [9.17, 15) is 13.2 Å². The van der Waals surface area contributed by atoms with Gasteiger partial charge in [-0.3, -0.25) is 4.79 Å². The van der Waals surface area contributed by atoms with E-state index in [4.69, 9.17) is 11.6 Å². The normalized spacial score (nSPS) is 11.5. The summed E-state index contributed by atoms with van der Waals surface area (Å²) in [5.74, 6) is -0.230. The van der Waals surface area contributed by atoms with Crippen molar-refractivity contribution < 1.29 is 13.2 Å². The first-order valence-corrected chi connectivity index (χ1v) is 9.86. The molecule has 0 aliphatic rings. The molecule has 0 fully saturated rings. The molecule has 0 aromatic heterocycles. The second-order valence-electron chi connectivity index (χ2n) is 5.24. The molecule has 1 amide bonds. The summed E-state index contributed by atoms with van der Waals surface area (Å²) in [6.07, 6.45) is 0. The molecule has 1 N–H and O–H groups in total. The van der Waals surface area contributed by atoms with E-state index in [-0.39, 0.29) is 10.8 Å². The highest BCUT2D eigenvalue weighted by Crippen LogP contribution is 2.18. The summed E-state index contributed by atoms with van der Waals surface area (Å²) in [5, 5.41) is 3.30. The Hall–Kier alpha value is -1.16. The van der Waals surface area contributed by atoms with Crippen molar-refractivity contribution in [3.05, 3.63) is 62.2 Å². The molecule has 128 valence electrons. The van der Waals surface area contributed by atoms with Crippen molar-refractivity contribution >= 4 is 50.1 Å². The number of amides is 1. The molecule has 0 saturated carbocycles. The number of nitrogens with one attached hydrogen (secondary N) is 1. The monoisotopic (exact) mass is 478 g/mol. The van der Waals surface area contributed by atoms with Crippen LogP contribution < -0.4 is 5.32 Å². The first-order valence-electron chi connectivity index (χ1n) is 6.96. The zero-order valence-corrected chi connectivity index (χ0v) is 16.8. The van der Waals surface area contributed by atoms with Crippen molar-refractivity contribution in [2.24, 2.45) is 0 Å². The Morgan fingerprint density at radius 1 is 1.17 bits per heavy atom. The highest BCUT2D eigenvalue weighted by molar-refractivity contribution is 14.1. The Bertz CT molecular complexity index is 852. The van der Waals surface area contributed by atoms with E-state index in [1.165, 1.54) is 26.2 Å². The summed E-state index contributed by atoms with van der Waals surface area (Å²) in [7, 11) is -0.484. The standard InChI is InChI=1S/C16H16ClIN2O3S/c1-20(2)24(22,23)13-6-3-11(4-7-13)10-19-16(21)14-9-12(17)5-8-15(14)18/h3-9H,10H2,1-2H3,(H,19,21). The second kappa shape index (κ2) is 7.81. The predicted octanol–water partition coefficient (Wildman–Crippen LogP) is 3.12. The molecule has 0 aliphatic carbocycles. The van der Waals surface area contributed by atoms with Crippen LogP contribution in [0.15, 0.2) is 47.4 Å². The maximum Gasteiger partial charge on any atom is 0.252 e. The fourth-order valence-electron chi connectivity index (χ4n) is 1.94. The van der Waals surface area contributed by atoms with E-state index >= 15 is 0 Å². The lowest BCUT2D eigenvalue weighted by Crippen LogP contribution is -2.24. The number of nitrogens with zero attached hydrogens (tertiary/aromatic N) is 1. The molecule has 0 spiro atoms. The molecule has 5 nitrogen and oxygen atoms in total. The van der Waals surface area contributed by atoms with Crippen molar-refractivity contribution in [3.8, 4) is 0 Å². The molecule has 0 heterocycles. The van der Waals surface area contributed by atoms with Crippen LogP contribution in [0.2, 0.25) is 5.02 Å². The topological polar surface area (TPSA) is 66.5 Å². The Balaban J connectivity index is 2.07. The van der Waals surface area contributed by atoms with E-state index < -0.39 is 10.0 Å². The Labute approximate surface area is 160 Å². The summed E-state index contributed by atoms with van der Waals surface area (Å²) in [6, 6.07) is 11.5. The minimum absolute atomic E-state index is 0.215. The SMILES string of the molecule is CN(C)S(=O)(=O)c1ccc(CNC(=O)c2cc(Cl)ccc2I)cc1. The lowest BCUT2D eigenvalue weighted by Gasteiger charge is -2.12. The van der Waals surface area contributed by atoms with Gasteiger partial charge >= 0.3 is 0 Å². The fraction of sp³-hybridized carbons (Fsp3) is 0.188. The van der Waals surface area contributed by atoms with Gasteiger partial charge in [-0.25, -0.2) is 12.7 Å². The summed E-state index contributed by atoms with van der Waals surface area (Å²) in [4.78, 5) is 12.4. The van der Waals surface area contributed by atoms with Gasteiger partial charge < -0.3 is 5.32 Å². The van der Waals surface area contributed by atoms with Gasteiger partial charge in [0.25, 0.3) is 5.91 Å². The van der Waals surface area contributed by atoms with Gasteiger partial charge in [0.05, 0.1) is 10.5 Å². The number of hydrogen-bond acceptors (Lipinski definition) is 3. The van der Waals surface area contributed by atoms with E-state index in [1.54, 1.807) is 30.3 Å². The smallest absolute Gasteiger partial charge is 0.252 e. The Kier molecular flexibility index (Phi) is 6.24. The van der Waals surface area contributed by atoms with Crippen molar-refractivity contribution in [2.75, 3.05) is 14.1 Å². The number of rotatable bonds is 5. The summed E-state index contributed by atoms with van der Waals surface area (Å²) in [6.45, 7) is 0.295. The minimum atomic E-state index is -3.45. The maximum absolute atomic E-state index is 12.2. The molecule has 24 heavy (non-hydrogen) atoms. The van der Waals surface area contributed by atoms with Crippen LogP contribution in [0.5, 0.6) is 0 Å². The van der Waals surface area contributed by atoms with Crippen LogP contribution >= 0.6 is 34.2 Å². The van der Waals surface area contributed by atoms with Gasteiger partial charge in [0.1, 0.15) is 0 Å². The van der Waals surface area contributed by atoms with Gasteiger partial charge in [-0.15, -0.1) is 0 Å². The van der Waals surface area contributed by atoms with Crippen LogP contribution in [-0.2, 0) is 16.6 Å². The third kappa shape index (κ3) is 4.47. The van der Waals surface area contributed by atoms with Gasteiger partial charge in [0.2, 0.25) is 10.0 Å². The van der Waals surface area contributed by atoms with Crippen molar-refractivity contribution in [1.29, 1.82) is 0 Å². The first kappa shape index (κ1) is 19.2. The van der Waals surface area contributed by atoms with E-state index in [0.717, 1.165) is 13.4 Å². The first-order chi connectivity index (χ1) is 11.2. The van der Waals surface area contributed by atoms with E-state index in [2.05, 4.69) is 27.9 Å². The molecular weight excluding hydrogens is 463 g/mol. The molecule has 0 unspecified atom stereocenters. The van der Waals surface area contributed by atoms with Crippen molar-refractivity contribution in [1.82, 2.24) is 9.62 Å². The van der Waals surface area contributed by atoms with Crippen LogP contribution in [0.25, 0.3) is 0 Å². The van der Waals surface area contributed by atoms with Gasteiger partial charge in [-0.2, -0.15) is 0 Å². The number of sulfonamides is 1. The molecule has 0 radical (unpaired) electrons. The predicted molar refractivity (Wildman–Crippen MR) is 103 cm³/mol. The lowest BCUT2D eigenvalue weighted by atomic mass is 10.2. The number of hydrogen-bond donors (Lipinski definition) is 1. The highest BCUT2D eigenvalue weighted by atomic mass is 127. The molecule has 2 rings (SSSR count). The van der Waals surface area contributed by atoms with Gasteiger partial charge in [0, 0.05) is 29.2 Å². The number of carbonyl (C=O) groups is 1. The molecular formula is C16H16ClIN2O3S. The van der Waals surface area contributed by atoms with Crippen molar-refractivity contribution in [3.63, 3.8) is 0 Å². The molecule has 0 saturated heterocycles. The summed E-state index contributed by atoms with van der Waals surface area (Å²) in [5.41, 5.74) is 1.31. The molecule has 8 heteroatoms. The van der Waals surface area contributed by atoms with Gasteiger partial charge in [-0.1, -0.05) is 23.7 Å². The van der Waals surface area contributed by atoms with Crippen LogP contribution in [-0.4, -0.2) is 32.7 Å². The quantitative estimate of drug-likeness (QED) is 0.672. The van der Waals surface area contributed by atoms with Crippen LogP contribution in [0.1, 0.15) is 15.9 Å². The molecule has 2 aromatic rings. The largest absolute Gasteiger partial charge is 0.348 e. The van der Waals surface area contributed by atoms with Gasteiger partial charge in [-0.05, 0) is 58.5 Å². The zero-order valence-electron chi connectivity index (χ0n) is 13.1. The fourth-order valence-corrected chi connectivity index (χ4v) is 3.59. The van der Waals surface area contributed by atoms with E-state index in [1.807, 2.05) is 0 Å². The molecule has 0 aliphatic heterocycles. The van der Waals surface area contributed by atoms with Gasteiger partial charge in [0.15, 0.2) is 0 Å². The Morgan fingerprint density at radius 3 is 2.38 bits per heavy atom. The maximum atomic E-state index is 12.2. The minimum Gasteiger partial charge on any atom is -0.348 e. The van der Waals surface area contributed by atoms with Crippen molar-refractivity contribution in [2.45, 2.75) is 11.4 Å². The highest BCUT2D eigenvalue weighted by Gasteiger charge is 2.16. The Morgan fingerprint density at radius 2 is 1.79 bits per heavy atom. The van der Waals surface area contributed by atoms with E-state index in [0.29, 0.717) is 17.1 Å². The van der Waals surface area contributed by atoms with Crippen LogP contribution in [0, 0.1) is 3.57 Å². The zero-order chi connectivity index (χ0) is 17.9. The van der Waals surface area contributed by atoms with Crippen LogP contribution in [0.3, 0.4) is 0 Å².